The number of carbonyl (C=O) groups excluding carboxylic acids is 2. The number of benzene rings is 1. The molecule has 0 radical (unpaired) electrons. The number of amides is 2. The number of fused-ring (bicyclic) bond motifs is 1. The molecule has 1 aromatic carbocycles. The van der Waals surface area contributed by atoms with Gasteiger partial charge in [-0.05, 0) is 45.0 Å². The quantitative estimate of drug-likeness (QED) is 0.633. The zero-order chi connectivity index (χ0) is 19.3. The molecular weight excluding hydrogens is 376 g/mol. The Balaban J connectivity index is 1.28. The number of hydrogen-bond donors (Lipinski definition) is 0. The third-order valence-electron chi connectivity index (χ3n) is 5.60. The van der Waals surface area contributed by atoms with Crippen LogP contribution in [0.25, 0.3) is 10.2 Å². The number of imide groups is 1. The van der Waals surface area contributed by atoms with Crippen molar-refractivity contribution >= 4 is 39.2 Å². The molecule has 8 heteroatoms. The maximum atomic E-state index is 12.9. The highest BCUT2D eigenvalue weighted by Gasteiger charge is 2.44. The number of carbonyl (C=O) groups is 2. The molecule has 4 heterocycles. The summed E-state index contributed by atoms with van der Waals surface area (Å²) in [6.45, 7) is 3.32. The van der Waals surface area contributed by atoms with Gasteiger partial charge in [-0.25, -0.2) is 9.88 Å². The summed E-state index contributed by atoms with van der Waals surface area (Å²) in [5.41, 5.74) is 1.06. The number of rotatable bonds is 3. The Morgan fingerprint density at radius 1 is 1.18 bits per heavy atom. The predicted octanol–water partition coefficient (Wildman–Crippen LogP) is 3.10. The van der Waals surface area contributed by atoms with Crippen LogP contribution in [0.2, 0.25) is 0 Å². The van der Waals surface area contributed by atoms with E-state index in [1.54, 1.807) is 24.3 Å². The van der Waals surface area contributed by atoms with Crippen LogP contribution in [0.1, 0.15) is 35.9 Å². The van der Waals surface area contributed by atoms with E-state index in [4.69, 9.17) is 9.51 Å². The first kappa shape index (κ1) is 17.5. The van der Waals surface area contributed by atoms with E-state index in [9.17, 15) is 9.59 Å². The van der Waals surface area contributed by atoms with Crippen LogP contribution in [0.5, 0.6) is 0 Å². The summed E-state index contributed by atoms with van der Waals surface area (Å²) in [4.78, 5) is 33.4. The van der Waals surface area contributed by atoms with Crippen LogP contribution < -0.4 is 4.90 Å². The first-order valence-electron chi connectivity index (χ1n) is 9.50. The second kappa shape index (κ2) is 6.79. The lowest BCUT2D eigenvalue weighted by Crippen LogP contribution is -2.45. The molecule has 3 aromatic rings. The van der Waals surface area contributed by atoms with E-state index in [2.05, 4.69) is 16.1 Å². The standard InChI is InChI=1S/C20H20N4O3S/c1-12-10-17(22-27-12)24-18(25)11-15(20(24)26)23-8-6-13(7-9-23)19-21-14-4-2-3-5-16(14)28-19/h2-5,10,13,15H,6-9,11H2,1H3/t15-/m1/s1. The number of nitrogens with zero attached hydrogens (tertiary/aromatic N) is 4. The summed E-state index contributed by atoms with van der Waals surface area (Å²) < 4.78 is 6.24. The van der Waals surface area contributed by atoms with Crippen molar-refractivity contribution in [3.63, 3.8) is 0 Å². The van der Waals surface area contributed by atoms with Gasteiger partial charge in [0.2, 0.25) is 5.91 Å². The number of aryl methyl sites for hydroxylation is 1. The molecule has 0 unspecified atom stereocenters. The molecule has 0 bridgehead atoms. The van der Waals surface area contributed by atoms with Crippen molar-refractivity contribution in [2.75, 3.05) is 18.0 Å². The number of piperidine rings is 1. The van der Waals surface area contributed by atoms with Crippen LogP contribution in [0.4, 0.5) is 5.82 Å². The van der Waals surface area contributed by atoms with E-state index in [0.29, 0.717) is 17.5 Å². The van der Waals surface area contributed by atoms with E-state index >= 15 is 0 Å². The fourth-order valence-electron chi connectivity index (χ4n) is 4.12. The third kappa shape index (κ3) is 2.93. The van der Waals surface area contributed by atoms with Crippen molar-refractivity contribution in [2.24, 2.45) is 0 Å². The Morgan fingerprint density at radius 2 is 1.96 bits per heavy atom. The molecule has 0 aliphatic carbocycles. The Bertz CT molecular complexity index is 1020. The number of likely N-dealkylation sites (tertiary alicyclic amines) is 1. The minimum atomic E-state index is -0.402. The monoisotopic (exact) mass is 396 g/mol. The minimum absolute atomic E-state index is 0.197. The molecule has 0 spiro atoms. The molecule has 2 fully saturated rings. The average Bonchev–Trinajstić information content (AvgIpc) is 3.39. The molecule has 2 aromatic heterocycles. The molecule has 144 valence electrons. The van der Waals surface area contributed by atoms with Gasteiger partial charge >= 0.3 is 0 Å². The first-order valence-corrected chi connectivity index (χ1v) is 10.3. The van der Waals surface area contributed by atoms with Crippen LogP contribution in [0, 0.1) is 6.92 Å². The van der Waals surface area contributed by atoms with Gasteiger partial charge in [0, 0.05) is 12.0 Å². The van der Waals surface area contributed by atoms with Crippen molar-refractivity contribution in [3.05, 3.63) is 41.1 Å². The van der Waals surface area contributed by atoms with Gasteiger partial charge < -0.3 is 4.52 Å². The zero-order valence-corrected chi connectivity index (χ0v) is 16.3. The highest BCUT2D eigenvalue weighted by Crippen LogP contribution is 2.35. The molecule has 28 heavy (non-hydrogen) atoms. The van der Waals surface area contributed by atoms with Gasteiger partial charge in [-0.2, -0.15) is 0 Å². The summed E-state index contributed by atoms with van der Waals surface area (Å²) >= 11 is 1.76. The summed E-state index contributed by atoms with van der Waals surface area (Å²) in [5.74, 6) is 0.874. The number of hydrogen-bond acceptors (Lipinski definition) is 7. The molecule has 5 rings (SSSR count). The molecular formula is C20H20N4O3S. The van der Waals surface area contributed by atoms with Gasteiger partial charge in [-0.3, -0.25) is 14.5 Å². The smallest absolute Gasteiger partial charge is 0.252 e. The second-order valence-electron chi connectivity index (χ2n) is 7.41. The van der Waals surface area contributed by atoms with Crippen molar-refractivity contribution in [3.8, 4) is 0 Å². The largest absolute Gasteiger partial charge is 0.360 e. The Labute approximate surface area is 165 Å². The number of aromatic nitrogens is 2. The SMILES string of the molecule is Cc1cc(N2C(=O)C[C@@H](N3CCC(c4nc5ccccc5s4)CC3)C2=O)no1. The molecule has 0 N–H and O–H groups in total. The van der Waals surface area contributed by atoms with Crippen LogP contribution in [-0.2, 0) is 9.59 Å². The van der Waals surface area contributed by atoms with Crippen molar-refractivity contribution in [1.29, 1.82) is 0 Å². The van der Waals surface area contributed by atoms with E-state index in [1.807, 2.05) is 18.2 Å². The summed E-state index contributed by atoms with van der Waals surface area (Å²) in [7, 11) is 0. The van der Waals surface area contributed by atoms with Gasteiger partial charge in [0.05, 0.1) is 27.7 Å². The van der Waals surface area contributed by atoms with Crippen LogP contribution in [0.3, 0.4) is 0 Å². The zero-order valence-electron chi connectivity index (χ0n) is 15.5. The fraction of sp³-hybridized carbons (Fsp3) is 0.400. The van der Waals surface area contributed by atoms with Gasteiger partial charge in [0.15, 0.2) is 5.82 Å². The average molecular weight is 396 g/mol. The van der Waals surface area contributed by atoms with E-state index in [-0.39, 0.29) is 18.2 Å². The number of anilines is 1. The lowest BCUT2D eigenvalue weighted by Gasteiger charge is -2.33. The minimum Gasteiger partial charge on any atom is -0.360 e. The molecule has 0 saturated carbocycles. The third-order valence-corrected chi connectivity index (χ3v) is 6.80. The Kier molecular flexibility index (Phi) is 4.25. The highest BCUT2D eigenvalue weighted by molar-refractivity contribution is 7.18. The van der Waals surface area contributed by atoms with Gasteiger partial charge in [-0.1, -0.05) is 17.3 Å². The summed E-state index contributed by atoms with van der Waals surface area (Å²) in [5, 5.41) is 5.01. The summed E-state index contributed by atoms with van der Waals surface area (Å²) in [6.07, 6.45) is 2.10. The van der Waals surface area contributed by atoms with Crippen molar-refractivity contribution in [2.45, 2.75) is 38.1 Å². The van der Waals surface area contributed by atoms with Crippen LogP contribution in [0.15, 0.2) is 34.9 Å². The Morgan fingerprint density at radius 3 is 2.68 bits per heavy atom. The lowest BCUT2D eigenvalue weighted by molar-refractivity contribution is -0.123. The number of thiazole rings is 1. The van der Waals surface area contributed by atoms with E-state index < -0.39 is 6.04 Å². The van der Waals surface area contributed by atoms with Gasteiger partial charge in [0.1, 0.15) is 5.76 Å². The topological polar surface area (TPSA) is 79.5 Å². The summed E-state index contributed by atoms with van der Waals surface area (Å²) in [6, 6.07) is 9.43. The fourth-order valence-corrected chi connectivity index (χ4v) is 5.26. The maximum Gasteiger partial charge on any atom is 0.252 e. The first-order chi connectivity index (χ1) is 13.6. The molecule has 2 aliphatic rings. The van der Waals surface area contributed by atoms with Crippen LogP contribution in [-0.4, -0.2) is 46.0 Å². The Hall–Kier alpha value is -2.58. The van der Waals surface area contributed by atoms with Gasteiger partial charge in [-0.15, -0.1) is 11.3 Å². The molecule has 2 aliphatic heterocycles. The van der Waals surface area contributed by atoms with Gasteiger partial charge in [0.25, 0.3) is 5.91 Å². The van der Waals surface area contributed by atoms with E-state index in [0.717, 1.165) is 31.4 Å². The highest BCUT2D eigenvalue weighted by atomic mass is 32.1. The molecule has 7 nitrogen and oxygen atoms in total. The molecule has 2 amide bonds. The lowest BCUT2D eigenvalue weighted by atomic mass is 9.96. The normalized spacial score (nSPS) is 21.9. The van der Waals surface area contributed by atoms with Crippen molar-refractivity contribution in [1.82, 2.24) is 15.0 Å². The van der Waals surface area contributed by atoms with Crippen molar-refractivity contribution < 1.29 is 14.1 Å². The van der Waals surface area contributed by atoms with E-state index in [1.165, 1.54) is 14.6 Å². The maximum absolute atomic E-state index is 12.9. The molecule has 2 saturated heterocycles. The van der Waals surface area contributed by atoms with Crippen LogP contribution >= 0.6 is 11.3 Å². The number of para-hydroxylation sites is 1. The predicted molar refractivity (Wildman–Crippen MR) is 105 cm³/mol. The second-order valence-corrected chi connectivity index (χ2v) is 8.48. The molecule has 1 atom stereocenters.